The summed E-state index contributed by atoms with van der Waals surface area (Å²) in [6.45, 7) is 9.13. The fourth-order valence-electron chi connectivity index (χ4n) is 3.32. The van der Waals surface area contributed by atoms with Crippen LogP contribution in [0.3, 0.4) is 0 Å². The molecule has 1 aromatic heterocycles. The number of nitrogens with one attached hydrogen (secondary N) is 1. The molecular formula is C20H31IN6. The van der Waals surface area contributed by atoms with Gasteiger partial charge in [-0.3, -0.25) is 14.6 Å². The quantitative estimate of drug-likeness (QED) is 0.298. The zero-order chi connectivity index (χ0) is 18.2. The Bertz CT molecular complexity index is 692. The smallest absolute Gasteiger partial charge is 0.193 e. The molecule has 3 rings (SSSR count). The molecule has 2 heterocycles. The van der Waals surface area contributed by atoms with E-state index in [0.29, 0.717) is 0 Å². The predicted molar refractivity (Wildman–Crippen MR) is 122 cm³/mol. The van der Waals surface area contributed by atoms with Gasteiger partial charge in [0.1, 0.15) is 0 Å². The molecule has 7 heteroatoms. The van der Waals surface area contributed by atoms with Gasteiger partial charge in [0.25, 0.3) is 0 Å². The monoisotopic (exact) mass is 482 g/mol. The summed E-state index contributed by atoms with van der Waals surface area (Å²) < 4.78 is 2.00. The van der Waals surface area contributed by atoms with Crippen molar-refractivity contribution in [3.05, 3.63) is 53.9 Å². The molecule has 0 bridgehead atoms. The molecular weight excluding hydrogens is 451 g/mol. The Labute approximate surface area is 179 Å². The van der Waals surface area contributed by atoms with Gasteiger partial charge in [0.05, 0.1) is 6.20 Å². The summed E-state index contributed by atoms with van der Waals surface area (Å²) in [4.78, 5) is 9.33. The van der Waals surface area contributed by atoms with E-state index in [2.05, 4.69) is 68.7 Å². The summed E-state index contributed by atoms with van der Waals surface area (Å²) in [6, 6.07) is 10.7. The van der Waals surface area contributed by atoms with Gasteiger partial charge >= 0.3 is 0 Å². The van der Waals surface area contributed by atoms with Crippen LogP contribution in [0.2, 0.25) is 0 Å². The maximum Gasteiger partial charge on any atom is 0.193 e. The van der Waals surface area contributed by atoms with Crippen LogP contribution >= 0.6 is 24.0 Å². The number of guanidine groups is 1. The molecule has 27 heavy (non-hydrogen) atoms. The Hall–Kier alpha value is -1.61. The second kappa shape index (κ2) is 11.3. The number of hydrogen-bond donors (Lipinski definition) is 1. The van der Waals surface area contributed by atoms with E-state index >= 15 is 0 Å². The molecule has 1 saturated heterocycles. The topological polar surface area (TPSA) is 48.7 Å². The second-order valence-electron chi connectivity index (χ2n) is 6.86. The number of benzene rings is 1. The van der Waals surface area contributed by atoms with E-state index < -0.39 is 0 Å². The highest BCUT2D eigenvalue weighted by atomic mass is 127. The van der Waals surface area contributed by atoms with Crippen LogP contribution in [0.1, 0.15) is 17.5 Å². The van der Waals surface area contributed by atoms with Crippen molar-refractivity contribution in [2.75, 3.05) is 39.8 Å². The van der Waals surface area contributed by atoms with E-state index in [4.69, 9.17) is 0 Å². The van der Waals surface area contributed by atoms with Crippen LogP contribution in [0.15, 0.2) is 47.7 Å². The minimum Gasteiger partial charge on any atom is -0.356 e. The Balaban J connectivity index is 0.00000261. The molecule has 1 aliphatic rings. The minimum atomic E-state index is 0. The first-order chi connectivity index (χ1) is 12.7. The Morgan fingerprint density at radius 3 is 2.52 bits per heavy atom. The molecule has 0 amide bonds. The normalized spacial score (nSPS) is 15.5. The maximum absolute atomic E-state index is 4.46. The van der Waals surface area contributed by atoms with Crippen LogP contribution in [0.5, 0.6) is 0 Å². The number of aliphatic imine (C=N–C) groups is 1. The average molecular weight is 482 g/mol. The van der Waals surface area contributed by atoms with Gasteiger partial charge in [0.15, 0.2) is 5.96 Å². The van der Waals surface area contributed by atoms with Crippen LogP contribution in [0.4, 0.5) is 0 Å². The van der Waals surface area contributed by atoms with Crippen molar-refractivity contribution in [1.82, 2.24) is 24.9 Å². The van der Waals surface area contributed by atoms with E-state index in [0.717, 1.165) is 58.2 Å². The highest BCUT2D eigenvalue weighted by Crippen LogP contribution is 2.08. The number of piperazine rings is 1. The van der Waals surface area contributed by atoms with Crippen molar-refractivity contribution >= 4 is 29.9 Å². The first-order valence-corrected chi connectivity index (χ1v) is 9.45. The largest absolute Gasteiger partial charge is 0.356 e. The zero-order valence-electron chi connectivity index (χ0n) is 16.3. The van der Waals surface area contributed by atoms with Gasteiger partial charge in [-0.05, 0) is 24.5 Å². The van der Waals surface area contributed by atoms with E-state index in [1.165, 1.54) is 11.1 Å². The third kappa shape index (κ3) is 6.80. The minimum absolute atomic E-state index is 0. The van der Waals surface area contributed by atoms with Crippen molar-refractivity contribution in [1.29, 1.82) is 0 Å². The first-order valence-electron chi connectivity index (χ1n) is 9.45. The molecule has 0 unspecified atom stereocenters. The average Bonchev–Trinajstić information content (AvgIpc) is 3.09. The third-order valence-electron chi connectivity index (χ3n) is 4.74. The molecule has 1 fully saturated rings. The van der Waals surface area contributed by atoms with E-state index in [9.17, 15) is 0 Å². The van der Waals surface area contributed by atoms with Gasteiger partial charge in [0.2, 0.25) is 0 Å². The van der Waals surface area contributed by atoms with Gasteiger partial charge in [-0.25, -0.2) is 0 Å². The lowest BCUT2D eigenvalue weighted by molar-refractivity contribution is 0.172. The standard InChI is InChI=1S/C20H30N6.HI/c1-18-15-23-26(16-18)10-6-9-22-20(21-2)25-13-11-24(12-14-25)17-19-7-4-3-5-8-19;/h3-5,7-8,15-16H,6,9-14,17H2,1-2H3,(H,21,22);1H. The molecule has 0 spiro atoms. The first kappa shape index (κ1) is 21.7. The molecule has 148 valence electrons. The number of hydrogen-bond acceptors (Lipinski definition) is 3. The SMILES string of the molecule is CN=C(NCCCn1cc(C)cn1)N1CCN(Cc2ccccc2)CC1.I. The van der Waals surface area contributed by atoms with Gasteiger partial charge in [-0.15, -0.1) is 24.0 Å². The van der Waals surface area contributed by atoms with Crippen molar-refractivity contribution < 1.29 is 0 Å². The van der Waals surface area contributed by atoms with Gasteiger partial charge in [-0.1, -0.05) is 30.3 Å². The lowest BCUT2D eigenvalue weighted by Crippen LogP contribution is -2.52. The van der Waals surface area contributed by atoms with Crippen molar-refractivity contribution in [2.24, 2.45) is 4.99 Å². The molecule has 1 aromatic carbocycles. The summed E-state index contributed by atoms with van der Waals surface area (Å²) in [6.07, 6.45) is 5.02. The highest BCUT2D eigenvalue weighted by Gasteiger charge is 2.19. The summed E-state index contributed by atoms with van der Waals surface area (Å²) in [5.74, 6) is 1.01. The Morgan fingerprint density at radius 2 is 1.89 bits per heavy atom. The van der Waals surface area contributed by atoms with Crippen LogP contribution in [0.25, 0.3) is 0 Å². The molecule has 0 atom stereocenters. The number of aryl methyl sites for hydroxylation is 2. The van der Waals surface area contributed by atoms with Gasteiger partial charge < -0.3 is 10.2 Å². The fourth-order valence-corrected chi connectivity index (χ4v) is 3.32. The maximum atomic E-state index is 4.46. The predicted octanol–water partition coefficient (Wildman–Crippen LogP) is 2.59. The van der Waals surface area contributed by atoms with Crippen LogP contribution in [0, 0.1) is 6.92 Å². The lowest BCUT2D eigenvalue weighted by atomic mass is 10.2. The Kier molecular flexibility index (Phi) is 9.06. The molecule has 1 N–H and O–H groups in total. The number of nitrogens with zero attached hydrogens (tertiary/aromatic N) is 5. The Morgan fingerprint density at radius 1 is 1.15 bits per heavy atom. The van der Waals surface area contributed by atoms with Gasteiger partial charge in [0, 0.05) is 59.1 Å². The second-order valence-corrected chi connectivity index (χ2v) is 6.86. The lowest BCUT2D eigenvalue weighted by Gasteiger charge is -2.36. The van der Waals surface area contributed by atoms with Crippen LogP contribution < -0.4 is 5.32 Å². The number of aromatic nitrogens is 2. The number of halogens is 1. The summed E-state index contributed by atoms with van der Waals surface area (Å²) in [7, 11) is 1.87. The van der Waals surface area contributed by atoms with E-state index in [-0.39, 0.29) is 24.0 Å². The number of rotatable bonds is 6. The summed E-state index contributed by atoms with van der Waals surface area (Å²) in [5.41, 5.74) is 2.60. The summed E-state index contributed by atoms with van der Waals surface area (Å²) >= 11 is 0. The molecule has 0 aliphatic carbocycles. The molecule has 6 nitrogen and oxygen atoms in total. The molecule has 2 aromatic rings. The molecule has 0 radical (unpaired) electrons. The van der Waals surface area contributed by atoms with E-state index in [1.54, 1.807) is 0 Å². The van der Waals surface area contributed by atoms with E-state index in [1.807, 2.05) is 17.9 Å². The van der Waals surface area contributed by atoms with Gasteiger partial charge in [-0.2, -0.15) is 5.10 Å². The summed E-state index contributed by atoms with van der Waals surface area (Å²) in [5, 5.41) is 7.82. The van der Waals surface area contributed by atoms with Crippen molar-refractivity contribution in [2.45, 2.75) is 26.4 Å². The fraction of sp³-hybridized carbons (Fsp3) is 0.500. The van der Waals surface area contributed by atoms with Crippen molar-refractivity contribution in [3.8, 4) is 0 Å². The molecule has 1 aliphatic heterocycles. The van der Waals surface area contributed by atoms with Crippen LogP contribution in [-0.2, 0) is 13.1 Å². The molecule has 0 saturated carbocycles. The van der Waals surface area contributed by atoms with Crippen molar-refractivity contribution in [3.63, 3.8) is 0 Å². The van der Waals surface area contributed by atoms with Crippen LogP contribution in [-0.4, -0.2) is 65.3 Å². The highest BCUT2D eigenvalue weighted by molar-refractivity contribution is 14.0. The third-order valence-corrected chi connectivity index (χ3v) is 4.74. The zero-order valence-corrected chi connectivity index (χ0v) is 18.7.